The summed E-state index contributed by atoms with van der Waals surface area (Å²) in [5.74, 6) is 0.200. The van der Waals surface area contributed by atoms with Gasteiger partial charge in [-0.3, -0.25) is 4.79 Å². The van der Waals surface area contributed by atoms with E-state index in [-0.39, 0.29) is 29.7 Å². The van der Waals surface area contributed by atoms with Crippen LogP contribution in [0.25, 0.3) is 0 Å². The van der Waals surface area contributed by atoms with Crippen LogP contribution in [0.1, 0.15) is 71.6 Å². The maximum absolute atomic E-state index is 12.3. The van der Waals surface area contributed by atoms with Crippen molar-refractivity contribution in [3.63, 3.8) is 0 Å². The van der Waals surface area contributed by atoms with Crippen molar-refractivity contribution < 1.29 is 19.4 Å². The van der Waals surface area contributed by atoms with Crippen molar-refractivity contribution in [2.45, 2.75) is 83.8 Å². The molecule has 0 aromatic heterocycles. The standard InChI is InChI=1S/C22H34O4/c1-3-4-9-16(2)14-17(23)12-13-18-19-10-7-5-6-8-11-22(25)26-21(19)15-20(18)24/h8,11-13,16,18-21,24H,3-7,9-10,14-15H2,1-2H3/b11-8+,13-12+/t16-,18+,19+,20+,21-/m0/s1. The van der Waals surface area contributed by atoms with E-state index in [2.05, 4.69) is 13.8 Å². The van der Waals surface area contributed by atoms with Gasteiger partial charge in [-0.1, -0.05) is 51.7 Å². The number of fused-ring (bicyclic) bond motifs is 1. The van der Waals surface area contributed by atoms with Gasteiger partial charge in [0.25, 0.3) is 0 Å². The quantitative estimate of drug-likeness (QED) is 0.540. The number of aliphatic hydroxyl groups excluding tert-OH is 1. The molecule has 0 bridgehead atoms. The van der Waals surface area contributed by atoms with E-state index in [1.54, 1.807) is 6.08 Å². The zero-order valence-corrected chi connectivity index (χ0v) is 16.2. The molecule has 2 aliphatic rings. The van der Waals surface area contributed by atoms with E-state index in [9.17, 15) is 14.7 Å². The number of hydrogen-bond acceptors (Lipinski definition) is 4. The van der Waals surface area contributed by atoms with Gasteiger partial charge in [0.1, 0.15) is 6.10 Å². The van der Waals surface area contributed by atoms with E-state index >= 15 is 0 Å². The Bertz CT molecular complexity index is 522. The summed E-state index contributed by atoms with van der Waals surface area (Å²) in [7, 11) is 0. The number of aliphatic hydroxyl groups is 1. The normalized spacial score (nSPS) is 32.0. The average molecular weight is 363 g/mol. The van der Waals surface area contributed by atoms with Crippen molar-refractivity contribution in [3.05, 3.63) is 24.3 Å². The number of rotatable bonds is 7. The second-order valence-corrected chi connectivity index (χ2v) is 7.98. The lowest BCUT2D eigenvalue weighted by molar-refractivity contribution is -0.145. The Morgan fingerprint density at radius 3 is 3.00 bits per heavy atom. The van der Waals surface area contributed by atoms with Crippen LogP contribution in [0.4, 0.5) is 0 Å². The first-order chi connectivity index (χ1) is 12.5. The third-order valence-corrected chi connectivity index (χ3v) is 5.67. The molecule has 0 spiro atoms. The molecular formula is C22H34O4. The van der Waals surface area contributed by atoms with Gasteiger partial charge in [-0.05, 0) is 31.3 Å². The molecule has 0 unspecified atom stereocenters. The van der Waals surface area contributed by atoms with Crippen LogP contribution in [0.5, 0.6) is 0 Å². The Labute approximate surface area is 157 Å². The molecule has 2 rings (SSSR count). The first kappa shape index (κ1) is 20.9. The molecule has 26 heavy (non-hydrogen) atoms. The SMILES string of the molecule is CCCC[C@H](C)CC(=O)/C=C/[C@@H]1[C@H]2CCCC/C=C/C(=O)O[C@H]2C[C@H]1O. The molecule has 0 amide bonds. The summed E-state index contributed by atoms with van der Waals surface area (Å²) in [6.07, 6.45) is 14.4. The molecule has 1 heterocycles. The highest BCUT2D eigenvalue weighted by Gasteiger charge is 2.42. The average Bonchev–Trinajstić information content (AvgIpc) is 2.89. The van der Waals surface area contributed by atoms with Gasteiger partial charge in [0.05, 0.1) is 6.10 Å². The second-order valence-electron chi connectivity index (χ2n) is 7.98. The van der Waals surface area contributed by atoms with Crippen LogP contribution in [0.15, 0.2) is 24.3 Å². The fourth-order valence-electron chi connectivity index (χ4n) is 4.18. The van der Waals surface area contributed by atoms with Crippen molar-refractivity contribution in [3.8, 4) is 0 Å². The summed E-state index contributed by atoms with van der Waals surface area (Å²) in [6.45, 7) is 4.28. The van der Waals surface area contributed by atoms with Crippen LogP contribution >= 0.6 is 0 Å². The summed E-state index contributed by atoms with van der Waals surface area (Å²) in [5, 5.41) is 10.5. The third-order valence-electron chi connectivity index (χ3n) is 5.67. The number of carbonyl (C=O) groups is 2. The van der Waals surface area contributed by atoms with Crippen LogP contribution in [-0.4, -0.2) is 29.1 Å². The summed E-state index contributed by atoms with van der Waals surface area (Å²) >= 11 is 0. The number of esters is 1. The van der Waals surface area contributed by atoms with E-state index in [1.165, 1.54) is 6.08 Å². The van der Waals surface area contributed by atoms with Crippen molar-refractivity contribution in [2.75, 3.05) is 0 Å². The maximum Gasteiger partial charge on any atom is 0.330 e. The molecule has 1 aliphatic carbocycles. The Kier molecular flexibility index (Phi) is 8.56. The van der Waals surface area contributed by atoms with E-state index in [0.29, 0.717) is 18.8 Å². The lowest BCUT2D eigenvalue weighted by Gasteiger charge is -2.23. The smallest absolute Gasteiger partial charge is 0.330 e. The first-order valence-electron chi connectivity index (χ1n) is 10.3. The summed E-state index contributed by atoms with van der Waals surface area (Å²) < 4.78 is 5.56. The molecule has 4 heteroatoms. The fourth-order valence-corrected chi connectivity index (χ4v) is 4.18. The van der Waals surface area contributed by atoms with Gasteiger partial charge < -0.3 is 9.84 Å². The van der Waals surface area contributed by atoms with Gasteiger partial charge in [0.2, 0.25) is 0 Å². The monoisotopic (exact) mass is 362 g/mol. The number of allylic oxidation sites excluding steroid dienone is 2. The molecule has 0 radical (unpaired) electrons. The van der Waals surface area contributed by atoms with Crippen LogP contribution in [0, 0.1) is 17.8 Å². The molecule has 4 nitrogen and oxygen atoms in total. The van der Waals surface area contributed by atoms with Gasteiger partial charge in [0, 0.05) is 30.8 Å². The van der Waals surface area contributed by atoms with Gasteiger partial charge >= 0.3 is 5.97 Å². The molecule has 1 N–H and O–H groups in total. The molecule has 0 saturated heterocycles. The van der Waals surface area contributed by atoms with Gasteiger partial charge in [0.15, 0.2) is 5.78 Å². The van der Waals surface area contributed by atoms with Crippen molar-refractivity contribution >= 4 is 11.8 Å². The summed E-state index contributed by atoms with van der Waals surface area (Å²) in [6, 6.07) is 0. The molecule has 0 aromatic carbocycles. The van der Waals surface area contributed by atoms with E-state index in [0.717, 1.165) is 44.9 Å². The number of ketones is 1. The van der Waals surface area contributed by atoms with Crippen LogP contribution in [0.3, 0.4) is 0 Å². The number of hydrogen-bond donors (Lipinski definition) is 1. The highest BCUT2D eigenvalue weighted by molar-refractivity contribution is 5.89. The van der Waals surface area contributed by atoms with Crippen LogP contribution in [-0.2, 0) is 14.3 Å². The molecule has 1 fully saturated rings. The maximum atomic E-state index is 12.3. The zero-order chi connectivity index (χ0) is 18.9. The van der Waals surface area contributed by atoms with E-state index in [4.69, 9.17) is 4.74 Å². The van der Waals surface area contributed by atoms with Gasteiger partial charge in [-0.2, -0.15) is 0 Å². The highest BCUT2D eigenvalue weighted by Crippen LogP contribution is 2.39. The Hall–Kier alpha value is -1.42. The third kappa shape index (κ3) is 6.39. The highest BCUT2D eigenvalue weighted by atomic mass is 16.5. The Morgan fingerprint density at radius 1 is 1.42 bits per heavy atom. The predicted molar refractivity (Wildman–Crippen MR) is 103 cm³/mol. The second kappa shape index (κ2) is 10.7. The van der Waals surface area contributed by atoms with Crippen molar-refractivity contribution in [1.82, 2.24) is 0 Å². The molecule has 146 valence electrons. The number of ether oxygens (including phenoxy) is 1. The largest absolute Gasteiger partial charge is 0.459 e. The summed E-state index contributed by atoms with van der Waals surface area (Å²) in [5.41, 5.74) is 0. The minimum Gasteiger partial charge on any atom is -0.459 e. The number of unbranched alkanes of at least 4 members (excludes halogenated alkanes) is 1. The summed E-state index contributed by atoms with van der Waals surface area (Å²) in [4.78, 5) is 24.1. The zero-order valence-electron chi connectivity index (χ0n) is 16.2. The lowest BCUT2D eigenvalue weighted by atomic mass is 9.87. The van der Waals surface area contributed by atoms with Gasteiger partial charge in [-0.25, -0.2) is 4.79 Å². The molecular weight excluding hydrogens is 328 g/mol. The van der Waals surface area contributed by atoms with E-state index < -0.39 is 6.10 Å². The molecule has 0 aromatic rings. The van der Waals surface area contributed by atoms with Gasteiger partial charge in [-0.15, -0.1) is 0 Å². The topological polar surface area (TPSA) is 63.6 Å². The Balaban J connectivity index is 1.97. The predicted octanol–water partition coefficient (Wildman–Crippen LogP) is 4.37. The molecule has 1 saturated carbocycles. The first-order valence-corrected chi connectivity index (χ1v) is 10.3. The molecule has 5 atom stereocenters. The van der Waals surface area contributed by atoms with E-state index in [1.807, 2.05) is 12.2 Å². The Morgan fingerprint density at radius 2 is 2.23 bits per heavy atom. The van der Waals surface area contributed by atoms with Crippen LogP contribution < -0.4 is 0 Å². The van der Waals surface area contributed by atoms with Crippen LogP contribution in [0.2, 0.25) is 0 Å². The molecule has 1 aliphatic heterocycles. The van der Waals surface area contributed by atoms with Crippen molar-refractivity contribution in [1.29, 1.82) is 0 Å². The lowest BCUT2D eigenvalue weighted by Crippen LogP contribution is -2.25. The fraction of sp³-hybridized carbons (Fsp3) is 0.727. The number of carbonyl (C=O) groups excluding carboxylic acids is 2. The van der Waals surface area contributed by atoms with Crippen molar-refractivity contribution in [2.24, 2.45) is 17.8 Å². The minimum absolute atomic E-state index is 0.0991. The minimum atomic E-state index is -0.552.